The number of aliphatic imine (C=N–C) groups is 1. The summed E-state index contributed by atoms with van der Waals surface area (Å²) in [5.74, 6) is 0.415. The van der Waals surface area contributed by atoms with Crippen LogP contribution in [0.25, 0.3) is 0 Å². The number of phenolic OH excluding ortho intramolecular Hbond substituents is 1. The molecule has 0 aliphatic carbocycles. The number of amidine groups is 1. The normalized spacial score (nSPS) is 13.1. The number of phenols is 1. The predicted molar refractivity (Wildman–Crippen MR) is 124 cm³/mol. The largest absolute Gasteiger partial charge is 0.508 e. The summed E-state index contributed by atoms with van der Waals surface area (Å²) >= 11 is 5.83. The molecule has 1 aromatic heterocycles. The molecule has 3 aromatic rings. The van der Waals surface area contributed by atoms with Gasteiger partial charge in [-0.3, -0.25) is 14.6 Å². The van der Waals surface area contributed by atoms with Gasteiger partial charge in [0.25, 0.3) is 5.91 Å². The summed E-state index contributed by atoms with van der Waals surface area (Å²) in [5.41, 5.74) is 1.89. The number of aromatic hydroxyl groups is 1. The van der Waals surface area contributed by atoms with Crippen molar-refractivity contribution in [2.24, 2.45) is 4.99 Å². The van der Waals surface area contributed by atoms with Crippen LogP contribution in [0.15, 0.2) is 65.8 Å². The zero-order valence-corrected chi connectivity index (χ0v) is 18.1. The van der Waals surface area contributed by atoms with Gasteiger partial charge in [0.2, 0.25) is 0 Å². The number of amides is 1. The van der Waals surface area contributed by atoms with E-state index in [1.165, 1.54) is 12.3 Å². The Balaban J connectivity index is 1.53. The number of nitrogens with one attached hydrogen (secondary N) is 1. The molecule has 4 rings (SSSR count). The Hall–Kier alpha value is -3.71. The van der Waals surface area contributed by atoms with Crippen molar-refractivity contribution in [3.63, 3.8) is 0 Å². The van der Waals surface area contributed by atoms with Gasteiger partial charge >= 0.3 is 0 Å². The van der Waals surface area contributed by atoms with Crippen LogP contribution in [0.3, 0.4) is 0 Å². The molecule has 1 aliphatic heterocycles. The van der Waals surface area contributed by atoms with E-state index in [9.17, 15) is 14.7 Å². The number of nitrogens with zero attached hydrogens (tertiary/aromatic N) is 3. The third-order valence-corrected chi connectivity index (χ3v) is 5.45. The molecule has 0 saturated carbocycles. The Kier molecular flexibility index (Phi) is 6.18. The van der Waals surface area contributed by atoms with Crippen LogP contribution in [-0.2, 0) is 6.42 Å². The van der Waals surface area contributed by atoms with Gasteiger partial charge in [-0.2, -0.15) is 0 Å². The number of halogens is 1. The molecule has 2 heterocycles. The highest BCUT2D eigenvalue weighted by atomic mass is 35.5. The van der Waals surface area contributed by atoms with E-state index in [4.69, 9.17) is 11.6 Å². The van der Waals surface area contributed by atoms with Crippen LogP contribution in [0.2, 0.25) is 5.02 Å². The van der Waals surface area contributed by atoms with Crippen molar-refractivity contribution in [3.05, 3.63) is 88.1 Å². The van der Waals surface area contributed by atoms with Crippen molar-refractivity contribution in [2.75, 3.05) is 25.5 Å². The standard InChI is InChI=1S/C24H21ClN4O3/c1-29-12-11-26-23(29)16-7-5-15(6-8-16)21(31)13-19-18(3-2-4-20(19)30)24(32)28-22-10-9-17(25)14-27-22/h2-10,14,30H,11-13H2,1H3,(H,27,28,32). The molecule has 0 radical (unpaired) electrons. The number of carbonyl (C=O) groups is 2. The predicted octanol–water partition coefficient (Wildman–Crippen LogP) is 3.81. The van der Waals surface area contributed by atoms with Gasteiger partial charge in [-0.15, -0.1) is 0 Å². The second-order valence-corrected chi connectivity index (χ2v) is 7.86. The number of hydrogen-bond acceptors (Lipinski definition) is 6. The van der Waals surface area contributed by atoms with Crippen molar-refractivity contribution < 1.29 is 14.7 Å². The smallest absolute Gasteiger partial charge is 0.257 e. The molecule has 0 bridgehead atoms. The maximum atomic E-state index is 12.9. The number of anilines is 1. The van der Waals surface area contributed by atoms with E-state index in [-0.39, 0.29) is 29.1 Å². The van der Waals surface area contributed by atoms with Crippen molar-refractivity contribution >= 4 is 34.9 Å². The van der Waals surface area contributed by atoms with Gasteiger partial charge in [0, 0.05) is 48.5 Å². The van der Waals surface area contributed by atoms with Crippen LogP contribution in [-0.4, -0.2) is 52.7 Å². The highest BCUT2D eigenvalue weighted by Crippen LogP contribution is 2.24. The third kappa shape index (κ3) is 4.63. The summed E-state index contributed by atoms with van der Waals surface area (Å²) in [6.07, 6.45) is 1.30. The van der Waals surface area contributed by atoms with Crippen molar-refractivity contribution in [2.45, 2.75) is 6.42 Å². The van der Waals surface area contributed by atoms with Gasteiger partial charge in [-0.25, -0.2) is 4.98 Å². The van der Waals surface area contributed by atoms with Crippen LogP contribution in [0.4, 0.5) is 5.82 Å². The fourth-order valence-electron chi connectivity index (χ4n) is 3.52. The molecule has 2 N–H and O–H groups in total. The fourth-order valence-corrected chi connectivity index (χ4v) is 3.63. The summed E-state index contributed by atoms with van der Waals surface area (Å²) in [4.78, 5) is 36.3. The first-order chi connectivity index (χ1) is 15.4. The Morgan fingerprint density at radius 3 is 2.56 bits per heavy atom. The molecule has 1 amide bonds. The van der Waals surface area contributed by atoms with Crippen molar-refractivity contribution in [1.29, 1.82) is 0 Å². The number of aromatic nitrogens is 1. The van der Waals surface area contributed by atoms with E-state index in [2.05, 4.69) is 20.2 Å². The first kappa shape index (κ1) is 21.5. The van der Waals surface area contributed by atoms with Crippen LogP contribution < -0.4 is 5.32 Å². The monoisotopic (exact) mass is 448 g/mol. The van der Waals surface area contributed by atoms with Crippen LogP contribution in [0.1, 0.15) is 31.8 Å². The lowest BCUT2D eigenvalue weighted by molar-refractivity contribution is 0.0991. The molecule has 0 unspecified atom stereocenters. The Labute approximate surface area is 190 Å². The molecular formula is C24H21ClN4O3. The Morgan fingerprint density at radius 1 is 1.12 bits per heavy atom. The minimum absolute atomic E-state index is 0.117. The fraction of sp³-hybridized carbons (Fsp3) is 0.167. The molecule has 8 heteroatoms. The molecule has 32 heavy (non-hydrogen) atoms. The Bertz CT molecular complexity index is 1190. The number of hydrogen-bond donors (Lipinski definition) is 2. The molecule has 0 spiro atoms. The van der Waals surface area contributed by atoms with E-state index in [1.807, 2.05) is 19.2 Å². The summed E-state index contributed by atoms with van der Waals surface area (Å²) in [6, 6.07) is 14.9. The lowest BCUT2D eigenvalue weighted by Crippen LogP contribution is -2.23. The first-order valence-electron chi connectivity index (χ1n) is 10.1. The molecule has 1 aliphatic rings. The van der Waals surface area contributed by atoms with Gasteiger partial charge in [0.1, 0.15) is 17.4 Å². The van der Waals surface area contributed by atoms with E-state index >= 15 is 0 Å². The number of Topliss-reactive ketones (excluding diaryl/α,β-unsaturated/α-hetero) is 1. The molecular weight excluding hydrogens is 428 g/mol. The third-order valence-electron chi connectivity index (χ3n) is 5.23. The summed E-state index contributed by atoms with van der Waals surface area (Å²) < 4.78 is 0. The number of rotatable bonds is 6. The molecule has 162 valence electrons. The average Bonchev–Trinajstić information content (AvgIpc) is 3.22. The first-order valence-corrected chi connectivity index (χ1v) is 10.4. The van der Waals surface area contributed by atoms with Crippen molar-refractivity contribution in [1.82, 2.24) is 9.88 Å². The van der Waals surface area contributed by atoms with E-state index in [0.717, 1.165) is 24.5 Å². The number of likely N-dealkylation sites (N-methyl/N-ethyl adjacent to an activating group) is 1. The maximum Gasteiger partial charge on any atom is 0.257 e. The van der Waals surface area contributed by atoms with Gasteiger partial charge in [-0.05, 0) is 24.3 Å². The minimum atomic E-state index is -0.476. The van der Waals surface area contributed by atoms with Crippen LogP contribution in [0, 0.1) is 0 Å². The maximum absolute atomic E-state index is 12.9. The lowest BCUT2D eigenvalue weighted by atomic mass is 9.96. The second-order valence-electron chi connectivity index (χ2n) is 7.42. The summed E-state index contributed by atoms with van der Waals surface area (Å²) in [6.45, 7) is 1.63. The number of benzene rings is 2. The zero-order chi connectivity index (χ0) is 22.7. The number of pyridine rings is 1. The Morgan fingerprint density at radius 2 is 1.91 bits per heavy atom. The molecule has 0 saturated heterocycles. The lowest BCUT2D eigenvalue weighted by Gasteiger charge is -2.14. The number of carbonyl (C=O) groups excluding carboxylic acids is 2. The highest BCUT2D eigenvalue weighted by molar-refractivity contribution is 6.30. The molecule has 0 atom stereocenters. The van der Waals surface area contributed by atoms with E-state index < -0.39 is 5.91 Å². The van der Waals surface area contributed by atoms with Crippen molar-refractivity contribution in [3.8, 4) is 5.75 Å². The van der Waals surface area contributed by atoms with Gasteiger partial charge < -0.3 is 15.3 Å². The molecule has 2 aromatic carbocycles. The van der Waals surface area contributed by atoms with E-state index in [1.54, 1.807) is 36.4 Å². The SMILES string of the molecule is CN1CCN=C1c1ccc(C(=O)Cc2c(O)cccc2C(=O)Nc2ccc(Cl)cn2)cc1. The van der Waals surface area contributed by atoms with Gasteiger partial charge in [0.15, 0.2) is 5.78 Å². The van der Waals surface area contributed by atoms with E-state index in [0.29, 0.717) is 16.4 Å². The summed E-state index contributed by atoms with van der Waals surface area (Å²) in [7, 11) is 1.98. The average molecular weight is 449 g/mol. The zero-order valence-electron chi connectivity index (χ0n) is 17.4. The molecule has 0 fully saturated rings. The van der Waals surface area contributed by atoms with Crippen LogP contribution >= 0.6 is 11.6 Å². The highest BCUT2D eigenvalue weighted by Gasteiger charge is 2.20. The van der Waals surface area contributed by atoms with Crippen LogP contribution in [0.5, 0.6) is 5.75 Å². The second kappa shape index (κ2) is 9.20. The quantitative estimate of drug-likeness (QED) is 0.559. The number of ketones is 1. The van der Waals surface area contributed by atoms with Gasteiger partial charge in [0.05, 0.1) is 11.6 Å². The topological polar surface area (TPSA) is 94.9 Å². The molecule has 7 nitrogen and oxygen atoms in total. The summed E-state index contributed by atoms with van der Waals surface area (Å²) in [5, 5.41) is 13.5. The minimum Gasteiger partial charge on any atom is -0.508 e. The van der Waals surface area contributed by atoms with Gasteiger partial charge in [-0.1, -0.05) is 41.9 Å².